The molecule has 0 aromatic carbocycles. The number of carbonyl (C=O) groups is 4. The van der Waals surface area contributed by atoms with Crippen LogP contribution in [-0.4, -0.2) is 121 Å². The molecule has 300 valence electrons. The Hall–Kier alpha value is -2.92. The van der Waals surface area contributed by atoms with Crippen LogP contribution in [0.5, 0.6) is 0 Å². The standard InChI is InChI=1S/C36H64N10O5S2/c37-35-43-25-23-52-27(33(25)45-35)11-5-7-15-29(47)39-17-9-1-3-13-31(49)41-19-21-51-22-20-42-32(50)14-4-2-10-18-40-30(48)16-8-6-12-28-34-26(24-53-28)44-36(38)46-34/h25-28,33-34H,1-24H2,(H,39,47)(H,40,48)(H,41,49)(H,42,50)(H3,37,43,45)(H3,38,44,46)/t25-,26-,27-,28-,33-,34-/m0/s1. The number of carbonyl (C=O) groups excluding carboxylic acids is 4. The Morgan fingerprint density at radius 3 is 1.36 bits per heavy atom. The Balaban J connectivity index is 0.827. The van der Waals surface area contributed by atoms with Gasteiger partial charge in [0.05, 0.1) is 37.4 Å². The first-order valence-electron chi connectivity index (χ1n) is 19.9. The number of hydrogen-bond donors (Lipinski definition) is 8. The normalized spacial score (nSPS) is 24.0. The molecule has 53 heavy (non-hydrogen) atoms. The molecule has 0 radical (unpaired) electrons. The summed E-state index contributed by atoms with van der Waals surface area (Å²) in [5.41, 5.74) is 11.6. The number of nitrogens with zero attached hydrogens (tertiary/aromatic N) is 2. The van der Waals surface area contributed by atoms with Crippen LogP contribution in [0.15, 0.2) is 9.98 Å². The second-order valence-corrected chi connectivity index (χ2v) is 16.9. The highest BCUT2D eigenvalue weighted by Crippen LogP contribution is 2.36. The molecule has 0 unspecified atom stereocenters. The van der Waals surface area contributed by atoms with Gasteiger partial charge in [-0.05, 0) is 51.4 Å². The summed E-state index contributed by atoms with van der Waals surface area (Å²) < 4.78 is 5.52. The van der Waals surface area contributed by atoms with Crippen LogP contribution in [0.2, 0.25) is 0 Å². The molecule has 0 aromatic rings. The molecule has 0 aromatic heterocycles. The second kappa shape index (κ2) is 24.5. The second-order valence-electron chi connectivity index (χ2n) is 14.4. The molecule has 4 rings (SSSR count). The number of unbranched alkanes of at least 4 members (excludes halogenated alkanes) is 6. The van der Waals surface area contributed by atoms with Gasteiger partial charge in [0.25, 0.3) is 0 Å². The molecule has 4 heterocycles. The Bertz CT molecular complexity index is 1140. The van der Waals surface area contributed by atoms with Gasteiger partial charge < -0.3 is 48.1 Å². The lowest BCUT2D eigenvalue weighted by atomic mass is 10.0. The molecule has 4 aliphatic rings. The van der Waals surface area contributed by atoms with Crippen molar-refractivity contribution in [3.05, 3.63) is 0 Å². The van der Waals surface area contributed by atoms with Gasteiger partial charge in [0.15, 0.2) is 11.9 Å². The molecule has 15 nitrogen and oxygen atoms in total. The minimum Gasteiger partial charge on any atom is -0.378 e. The Morgan fingerprint density at radius 1 is 0.566 bits per heavy atom. The first-order chi connectivity index (χ1) is 25.8. The SMILES string of the molecule is NC1=N[C@H]2[C@H](CS[C@H]2CCCCC(=O)NCCCCCC(=O)NCCOCCNC(=O)CCCCCNC(=O)CCCC[C@@H]2SC[C@@H]3NC(N)=N[C@@H]32)N1. The third kappa shape index (κ3) is 16.5. The van der Waals surface area contributed by atoms with Gasteiger partial charge in [-0.2, -0.15) is 23.5 Å². The molecule has 4 amide bonds. The van der Waals surface area contributed by atoms with Crippen molar-refractivity contribution in [2.24, 2.45) is 21.5 Å². The van der Waals surface area contributed by atoms with Crippen LogP contribution < -0.4 is 43.4 Å². The zero-order chi connectivity index (χ0) is 37.7. The number of thioether (sulfide) groups is 2. The first-order valence-corrected chi connectivity index (χ1v) is 22.0. The van der Waals surface area contributed by atoms with E-state index in [1.54, 1.807) is 0 Å². The van der Waals surface area contributed by atoms with Crippen molar-refractivity contribution >= 4 is 59.1 Å². The van der Waals surface area contributed by atoms with Gasteiger partial charge >= 0.3 is 0 Å². The summed E-state index contributed by atoms with van der Waals surface area (Å²) in [5, 5.41) is 19.2. The average Bonchev–Trinajstić information content (AvgIpc) is 3.89. The molecular formula is C36H64N10O5S2. The summed E-state index contributed by atoms with van der Waals surface area (Å²) in [7, 11) is 0. The van der Waals surface area contributed by atoms with Crippen molar-refractivity contribution in [3.63, 3.8) is 0 Å². The molecule has 6 atom stereocenters. The number of hydrogen-bond acceptors (Lipinski definition) is 13. The van der Waals surface area contributed by atoms with Gasteiger partial charge in [0.1, 0.15) is 0 Å². The van der Waals surface area contributed by atoms with E-state index in [0.717, 1.165) is 88.6 Å². The molecule has 10 N–H and O–H groups in total. The fourth-order valence-electron chi connectivity index (χ4n) is 7.12. The highest BCUT2D eigenvalue weighted by atomic mass is 32.2. The quantitative estimate of drug-likeness (QED) is 0.0528. The lowest BCUT2D eigenvalue weighted by Gasteiger charge is -2.14. The van der Waals surface area contributed by atoms with E-state index >= 15 is 0 Å². The Kier molecular flexibility index (Phi) is 19.8. The van der Waals surface area contributed by atoms with Crippen LogP contribution in [0.4, 0.5) is 0 Å². The van der Waals surface area contributed by atoms with Gasteiger partial charge in [-0.15, -0.1) is 0 Å². The zero-order valence-electron chi connectivity index (χ0n) is 31.3. The number of ether oxygens (including phenoxy) is 1. The third-order valence-corrected chi connectivity index (χ3v) is 13.0. The van der Waals surface area contributed by atoms with Crippen LogP contribution >= 0.6 is 23.5 Å². The van der Waals surface area contributed by atoms with Crippen LogP contribution in [0, 0.1) is 0 Å². The van der Waals surface area contributed by atoms with Crippen LogP contribution in [0.25, 0.3) is 0 Å². The van der Waals surface area contributed by atoms with Crippen molar-refractivity contribution in [1.82, 2.24) is 31.9 Å². The monoisotopic (exact) mass is 780 g/mol. The summed E-state index contributed by atoms with van der Waals surface area (Å²) in [5.74, 6) is 3.39. The fourth-order valence-corrected chi connectivity index (χ4v) is 10.2. The maximum Gasteiger partial charge on any atom is 0.220 e. The largest absolute Gasteiger partial charge is 0.378 e. The van der Waals surface area contributed by atoms with E-state index in [1.165, 1.54) is 0 Å². The van der Waals surface area contributed by atoms with E-state index in [4.69, 9.17) is 16.2 Å². The van der Waals surface area contributed by atoms with E-state index < -0.39 is 0 Å². The van der Waals surface area contributed by atoms with Crippen LogP contribution in [-0.2, 0) is 23.9 Å². The van der Waals surface area contributed by atoms with Gasteiger partial charge in [-0.25, -0.2) is 9.98 Å². The van der Waals surface area contributed by atoms with E-state index in [2.05, 4.69) is 41.9 Å². The van der Waals surface area contributed by atoms with E-state index in [1.807, 2.05) is 23.5 Å². The van der Waals surface area contributed by atoms with Crippen molar-refractivity contribution in [2.45, 2.75) is 137 Å². The smallest absolute Gasteiger partial charge is 0.220 e. The molecule has 0 saturated carbocycles. The lowest BCUT2D eigenvalue weighted by Crippen LogP contribution is -2.38. The summed E-state index contributed by atoms with van der Waals surface area (Å²) in [4.78, 5) is 57.5. The van der Waals surface area contributed by atoms with Crippen LogP contribution in [0.1, 0.15) is 103 Å². The number of nitrogens with one attached hydrogen (secondary N) is 6. The van der Waals surface area contributed by atoms with E-state index in [-0.39, 0.29) is 35.7 Å². The maximum atomic E-state index is 12.1. The number of amides is 4. The van der Waals surface area contributed by atoms with Gasteiger partial charge in [0.2, 0.25) is 23.6 Å². The first kappa shape index (κ1) is 42.8. The predicted molar refractivity (Wildman–Crippen MR) is 214 cm³/mol. The molecule has 2 fully saturated rings. The lowest BCUT2D eigenvalue weighted by molar-refractivity contribution is -0.122. The zero-order valence-corrected chi connectivity index (χ0v) is 33.0. The molecule has 0 aliphatic carbocycles. The molecule has 17 heteroatoms. The van der Waals surface area contributed by atoms with Gasteiger partial charge in [-0.1, -0.05) is 25.7 Å². The molecule has 2 saturated heterocycles. The third-order valence-electron chi connectivity index (χ3n) is 10.0. The van der Waals surface area contributed by atoms with Gasteiger partial charge in [0, 0.05) is 73.9 Å². The minimum atomic E-state index is -0.00443. The number of aliphatic imine (C=N–C) groups is 2. The summed E-state index contributed by atoms with van der Waals surface area (Å²) in [6.45, 7) is 2.93. The predicted octanol–water partition coefficient (Wildman–Crippen LogP) is 1.25. The summed E-state index contributed by atoms with van der Waals surface area (Å²) >= 11 is 3.90. The minimum absolute atomic E-state index is 0.00443. The Morgan fingerprint density at radius 2 is 0.943 bits per heavy atom. The Labute approximate surface area is 323 Å². The van der Waals surface area contributed by atoms with E-state index in [9.17, 15) is 19.2 Å². The number of guanidine groups is 2. The van der Waals surface area contributed by atoms with Crippen molar-refractivity contribution in [2.75, 3.05) is 50.9 Å². The number of nitrogens with two attached hydrogens (primary N) is 2. The molecule has 0 bridgehead atoms. The summed E-state index contributed by atoms with van der Waals surface area (Å²) in [6, 6.07) is 1.30. The summed E-state index contributed by atoms with van der Waals surface area (Å²) in [6.07, 6.45) is 12.9. The highest BCUT2D eigenvalue weighted by molar-refractivity contribution is 8.00. The average molecular weight is 781 g/mol. The maximum absolute atomic E-state index is 12.1. The van der Waals surface area contributed by atoms with Crippen molar-refractivity contribution < 1.29 is 23.9 Å². The van der Waals surface area contributed by atoms with Crippen molar-refractivity contribution in [1.29, 1.82) is 0 Å². The highest BCUT2D eigenvalue weighted by Gasteiger charge is 2.41. The van der Waals surface area contributed by atoms with Crippen molar-refractivity contribution in [3.8, 4) is 0 Å². The fraction of sp³-hybridized carbons (Fsp3) is 0.833. The number of fused-ring (bicyclic) bond motifs is 2. The molecule has 0 spiro atoms. The van der Waals surface area contributed by atoms with E-state index in [0.29, 0.717) is 99.6 Å². The van der Waals surface area contributed by atoms with Crippen LogP contribution in [0.3, 0.4) is 0 Å². The number of rotatable bonds is 28. The molecule has 4 aliphatic heterocycles. The van der Waals surface area contributed by atoms with Gasteiger partial charge in [-0.3, -0.25) is 19.2 Å². The molecular weight excluding hydrogens is 717 g/mol. The topological polar surface area (TPSA) is 226 Å².